The predicted octanol–water partition coefficient (Wildman–Crippen LogP) is 2.31. The Balaban J connectivity index is 2.32. The molecule has 6 heteroatoms. The largest absolute Gasteiger partial charge is 0.497 e. The lowest BCUT2D eigenvalue weighted by Crippen LogP contribution is -2.45. The summed E-state index contributed by atoms with van der Waals surface area (Å²) in [5, 5.41) is 9.78. The molecule has 1 aliphatic heterocycles. The van der Waals surface area contributed by atoms with Crippen LogP contribution in [0.5, 0.6) is 11.5 Å². The van der Waals surface area contributed by atoms with Crippen LogP contribution in [0.3, 0.4) is 0 Å². The normalized spacial score (nSPS) is 22.0. The molecule has 0 radical (unpaired) electrons. The smallest absolute Gasteiger partial charge is 0.257 e. The Bertz CT molecular complexity index is 535. The van der Waals surface area contributed by atoms with Gasteiger partial charge in [0.1, 0.15) is 11.5 Å². The van der Waals surface area contributed by atoms with Gasteiger partial charge in [0.25, 0.3) is 5.91 Å². The first kappa shape index (κ1) is 16.1. The number of amides is 1. The summed E-state index contributed by atoms with van der Waals surface area (Å²) in [7, 11) is 3.09. The highest BCUT2D eigenvalue weighted by Gasteiger charge is 2.29. The van der Waals surface area contributed by atoms with Crippen molar-refractivity contribution < 1.29 is 19.4 Å². The molecule has 2 unspecified atom stereocenters. The van der Waals surface area contributed by atoms with Crippen LogP contribution in [0.15, 0.2) is 16.6 Å². The van der Waals surface area contributed by atoms with Crippen molar-refractivity contribution in [1.29, 1.82) is 0 Å². The fourth-order valence-corrected chi connectivity index (χ4v) is 3.14. The van der Waals surface area contributed by atoms with Crippen LogP contribution in [-0.2, 0) is 0 Å². The number of carbonyl (C=O) groups is 1. The number of nitrogens with zero attached hydrogens (tertiary/aromatic N) is 1. The van der Waals surface area contributed by atoms with Gasteiger partial charge >= 0.3 is 0 Å². The Labute approximate surface area is 133 Å². The van der Waals surface area contributed by atoms with E-state index >= 15 is 0 Å². The van der Waals surface area contributed by atoms with E-state index in [0.29, 0.717) is 41.0 Å². The zero-order valence-electron chi connectivity index (χ0n) is 12.4. The summed E-state index contributed by atoms with van der Waals surface area (Å²) in [4.78, 5) is 14.5. The number of piperidine rings is 1. The zero-order valence-corrected chi connectivity index (χ0v) is 14.0. The standard InChI is InChI=1S/C15H20BrNO4/c1-9-8-17(5-4-13(9)18)15(19)11-6-10(20-2)7-12(16)14(11)21-3/h6-7,9,13,18H,4-5,8H2,1-3H3. The molecular weight excluding hydrogens is 338 g/mol. The lowest BCUT2D eigenvalue weighted by molar-refractivity contribution is 0.0295. The molecule has 1 amide bonds. The number of aliphatic hydroxyl groups excluding tert-OH is 1. The van der Waals surface area contributed by atoms with Gasteiger partial charge in [0.15, 0.2) is 0 Å². The Kier molecular flexibility index (Phi) is 5.11. The summed E-state index contributed by atoms with van der Waals surface area (Å²) in [6.07, 6.45) is 0.258. The molecule has 21 heavy (non-hydrogen) atoms. The molecule has 1 saturated heterocycles. The summed E-state index contributed by atoms with van der Waals surface area (Å²) in [6, 6.07) is 3.44. The minimum atomic E-state index is -0.340. The van der Waals surface area contributed by atoms with Gasteiger partial charge in [-0.25, -0.2) is 0 Å². The van der Waals surface area contributed by atoms with Crippen molar-refractivity contribution in [2.45, 2.75) is 19.4 Å². The van der Waals surface area contributed by atoms with Gasteiger partial charge in [0, 0.05) is 13.1 Å². The number of methoxy groups -OCH3 is 2. The van der Waals surface area contributed by atoms with Crippen LogP contribution in [0.1, 0.15) is 23.7 Å². The molecule has 0 spiro atoms. The molecule has 0 saturated carbocycles. The van der Waals surface area contributed by atoms with E-state index in [1.165, 1.54) is 7.11 Å². The first-order valence-corrected chi connectivity index (χ1v) is 7.66. The van der Waals surface area contributed by atoms with E-state index in [4.69, 9.17) is 9.47 Å². The summed E-state index contributed by atoms with van der Waals surface area (Å²) in [5.41, 5.74) is 0.465. The molecule has 2 atom stereocenters. The number of aliphatic hydroxyl groups is 1. The van der Waals surface area contributed by atoms with Gasteiger partial charge in [-0.1, -0.05) is 6.92 Å². The van der Waals surface area contributed by atoms with Crippen molar-refractivity contribution in [3.63, 3.8) is 0 Å². The SMILES string of the molecule is COc1cc(Br)c(OC)c(C(=O)N2CCC(O)C(C)C2)c1. The molecule has 1 aromatic rings. The molecule has 1 heterocycles. The van der Waals surface area contributed by atoms with Crippen molar-refractivity contribution in [3.8, 4) is 11.5 Å². The van der Waals surface area contributed by atoms with Gasteiger partial charge in [-0.2, -0.15) is 0 Å². The van der Waals surface area contributed by atoms with Crippen LogP contribution in [0.4, 0.5) is 0 Å². The topological polar surface area (TPSA) is 59.0 Å². The number of hydrogen-bond acceptors (Lipinski definition) is 4. The third kappa shape index (κ3) is 3.32. The van der Waals surface area contributed by atoms with Crippen molar-refractivity contribution >= 4 is 21.8 Å². The Morgan fingerprint density at radius 3 is 2.67 bits per heavy atom. The monoisotopic (exact) mass is 357 g/mol. The van der Waals surface area contributed by atoms with Crippen molar-refractivity contribution in [2.75, 3.05) is 27.3 Å². The number of likely N-dealkylation sites (tertiary alicyclic amines) is 1. The summed E-state index contributed by atoms with van der Waals surface area (Å²) in [6.45, 7) is 3.03. The number of carbonyl (C=O) groups excluding carboxylic acids is 1. The van der Waals surface area contributed by atoms with Gasteiger partial charge < -0.3 is 19.5 Å². The first-order chi connectivity index (χ1) is 9.97. The molecule has 116 valence electrons. The number of hydrogen-bond donors (Lipinski definition) is 1. The highest BCUT2D eigenvalue weighted by atomic mass is 79.9. The van der Waals surface area contributed by atoms with Crippen LogP contribution in [-0.4, -0.2) is 49.3 Å². The summed E-state index contributed by atoms with van der Waals surface area (Å²) in [5.74, 6) is 1.06. The highest BCUT2D eigenvalue weighted by Crippen LogP contribution is 2.35. The Morgan fingerprint density at radius 1 is 1.38 bits per heavy atom. The lowest BCUT2D eigenvalue weighted by Gasteiger charge is -2.34. The van der Waals surface area contributed by atoms with Crippen LogP contribution in [0.25, 0.3) is 0 Å². The maximum Gasteiger partial charge on any atom is 0.257 e. The number of ether oxygens (including phenoxy) is 2. The fraction of sp³-hybridized carbons (Fsp3) is 0.533. The molecule has 0 aromatic heterocycles. The van der Waals surface area contributed by atoms with Crippen LogP contribution in [0, 0.1) is 5.92 Å². The summed E-state index contributed by atoms with van der Waals surface area (Å²) < 4.78 is 11.2. The average molecular weight is 358 g/mol. The van der Waals surface area contributed by atoms with Crippen LogP contribution in [0.2, 0.25) is 0 Å². The van der Waals surface area contributed by atoms with Crippen molar-refractivity contribution in [1.82, 2.24) is 4.90 Å². The van der Waals surface area contributed by atoms with Crippen LogP contribution >= 0.6 is 15.9 Å². The van der Waals surface area contributed by atoms with Gasteiger partial charge in [0.2, 0.25) is 0 Å². The van der Waals surface area contributed by atoms with Gasteiger partial charge in [0.05, 0.1) is 30.4 Å². The second-order valence-electron chi connectivity index (χ2n) is 5.27. The lowest BCUT2D eigenvalue weighted by atomic mass is 9.96. The van der Waals surface area contributed by atoms with E-state index in [1.807, 2.05) is 6.92 Å². The quantitative estimate of drug-likeness (QED) is 0.901. The third-order valence-corrected chi connectivity index (χ3v) is 4.42. The molecule has 0 bridgehead atoms. The molecule has 5 nitrogen and oxygen atoms in total. The number of rotatable bonds is 3. The molecule has 0 aliphatic carbocycles. The zero-order chi connectivity index (χ0) is 15.6. The highest BCUT2D eigenvalue weighted by molar-refractivity contribution is 9.10. The second kappa shape index (κ2) is 6.66. The predicted molar refractivity (Wildman–Crippen MR) is 82.9 cm³/mol. The fourth-order valence-electron chi connectivity index (χ4n) is 2.54. The minimum Gasteiger partial charge on any atom is -0.497 e. The molecule has 2 rings (SSSR count). The molecule has 1 aliphatic rings. The van der Waals surface area contributed by atoms with Gasteiger partial charge in [-0.05, 0) is 40.4 Å². The number of halogens is 1. The number of benzene rings is 1. The van der Waals surface area contributed by atoms with E-state index in [-0.39, 0.29) is 17.9 Å². The van der Waals surface area contributed by atoms with E-state index in [0.717, 1.165) is 0 Å². The van der Waals surface area contributed by atoms with Crippen LogP contribution < -0.4 is 9.47 Å². The maximum absolute atomic E-state index is 12.7. The van der Waals surface area contributed by atoms with Crippen molar-refractivity contribution in [3.05, 3.63) is 22.2 Å². The molecule has 1 N–H and O–H groups in total. The van der Waals surface area contributed by atoms with E-state index in [2.05, 4.69) is 15.9 Å². The first-order valence-electron chi connectivity index (χ1n) is 6.86. The van der Waals surface area contributed by atoms with Crippen molar-refractivity contribution in [2.24, 2.45) is 5.92 Å². The van der Waals surface area contributed by atoms with E-state index in [9.17, 15) is 9.90 Å². The molecule has 1 fully saturated rings. The maximum atomic E-state index is 12.7. The molecular formula is C15H20BrNO4. The van der Waals surface area contributed by atoms with E-state index < -0.39 is 0 Å². The molecule has 1 aromatic carbocycles. The average Bonchev–Trinajstić information content (AvgIpc) is 2.48. The third-order valence-electron chi connectivity index (χ3n) is 3.83. The Morgan fingerprint density at radius 2 is 2.10 bits per heavy atom. The minimum absolute atomic E-state index is 0.0720. The summed E-state index contributed by atoms with van der Waals surface area (Å²) >= 11 is 3.40. The Hall–Kier alpha value is -1.27. The van der Waals surface area contributed by atoms with E-state index in [1.54, 1.807) is 24.1 Å². The van der Waals surface area contributed by atoms with Gasteiger partial charge in [-0.3, -0.25) is 4.79 Å². The van der Waals surface area contributed by atoms with Gasteiger partial charge in [-0.15, -0.1) is 0 Å². The second-order valence-corrected chi connectivity index (χ2v) is 6.13.